The molecule has 0 saturated carbocycles. The fourth-order valence-electron chi connectivity index (χ4n) is 2.31. The Hall–Kier alpha value is -2.69. The highest BCUT2D eigenvalue weighted by atomic mass is 16.5. The first-order valence-corrected chi connectivity index (χ1v) is 7.23. The molecule has 0 aliphatic heterocycles. The molecule has 2 aromatic rings. The zero-order chi connectivity index (χ0) is 16.8. The summed E-state index contributed by atoms with van der Waals surface area (Å²) >= 11 is 0. The Kier molecular flexibility index (Phi) is 5.46. The second-order valence-electron chi connectivity index (χ2n) is 4.99. The molecular formula is C18H20O5. The molecule has 5 heteroatoms. The third kappa shape index (κ3) is 3.94. The van der Waals surface area contributed by atoms with Crippen LogP contribution in [0.4, 0.5) is 0 Å². The van der Waals surface area contributed by atoms with Crippen LogP contribution >= 0.6 is 0 Å². The number of hydrogen-bond acceptors (Lipinski definition) is 5. The Balaban J connectivity index is 2.06. The fourth-order valence-corrected chi connectivity index (χ4v) is 2.31. The van der Waals surface area contributed by atoms with Crippen molar-refractivity contribution in [3.8, 4) is 23.0 Å². The van der Waals surface area contributed by atoms with E-state index in [9.17, 15) is 9.90 Å². The summed E-state index contributed by atoms with van der Waals surface area (Å²) < 4.78 is 16.1. The summed E-state index contributed by atoms with van der Waals surface area (Å²) in [6.07, 6.45) is 0.632. The topological polar surface area (TPSA) is 65.0 Å². The van der Waals surface area contributed by atoms with E-state index in [1.54, 1.807) is 26.4 Å². The largest absolute Gasteiger partial charge is 0.507 e. The third-order valence-corrected chi connectivity index (χ3v) is 3.45. The van der Waals surface area contributed by atoms with Crippen LogP contribution in [-0.4, -0.2) is 31.7 Å². The van der Waals surface area contributed by atoms with Gasteiger partial charge >= 0.3 is 0 Å². The van der Waals surface area contributed by atoms with Crippen molar-refractivity contribution in [2.24, 2.45) is 0 Å². The van der Waals surface area contributed by atoms with Crippen molar-refractivity contribution >= 4 is 5.78 Å². The van der Waals surface area contributed by atoms with Crippen LogP contribution in [0.2, 0.25) is 0 Å². The van der Waals surface area contributed by atoms with Crippen LogP contribution in [-0.2, 0) is 6.42 Å². The number of ketones is 1. The summed E-state index contributed by atoms with van der Waals surface area (Å²) in [5.74, 6) is 1.42. The molecule has 1 N–H and O–H groups in total. The number of aromatic hydroxyl groups is 1. The molecule has 122 valence electrons. The lowest BCUT2D eigenvalue weighted by atomic mass is 10.1. The van der Waals surface area contributed by atoms with Gasteiger partial charge in [-0.3, -0.25) is 4.79 Å². The highest BCUT2D eigenvalue weighted by Gasteiger charge is 2.13. The van der Waals surface area contributed by atoms with Gasteiger partial charge in [-0.15, -0.1) is 0 Å². The minimum atomic E-state index is -0.232. The van der Waals surface area contributed by atoms with Gasteiger partial charge in [-0.2, -0.15) is 0 Å². The van der Waals surface area contributed by atoms with Crippen molar-refractivity contribution in [1.29, 1.82) is 0 Å². The Morgan fingerprint density at radius 1 is 1.04 bits per heavy atom. The van der Waals surface area contributed by atoms with Gasteiger partial charge in [0.1, 0.15) is 17.1 Å². The molecule has 0 spiro atoms. The maximum atomic E-state index is 11.6. The van der Waals surface area contributed by atoms with E-state index in [0.717, 1.165) is 5.56 Å². The molecule has 0 radical (unpaired) electrons. The molecule has 0 aliphatic rings. The monoisotopic (exact) mass is 316 g/mol. The van der Waals surface area contributed by atoms with Crippen molar-refractivity contribution < 1.29 is 24.1 Å². The van der Waals surface area contributed by atoms with Crippen LogP contribution in [0.5, 0.6) is 23.0 Å². The first kappa shape index (κ1) is 16.7. The van der Waals surface area contributed by atoms with Crippen LogP contribution in [0.1, 0.15) is 22.8 Å². The molecule has 0 heterocycles. The number of phenolic OH excluding ortho intramolecular Hbond substituents is 1. The van der Waals surface area contributed by atoms with Gasteiger partial charge < -0.3 is 19.3 Å². The number of Topliss-reactive ketones (excluding diaryl/α,β-unsaturated/α-hetero) is 1. The van der Waals surface area contributed by atoms with Gasteiger partial charge in [0, 0.05) is 6.42 Å². The predicted molar refractivity (Wildman–Crippen MR) is 86.9 cm³/mol. The minimum absolute atomic E-state index is 0.0684. The molecule has 0 saturated heterocycles. The van der Waals surface area contributed by atoms with Crippen LogP contribution in [0, 0.1) is 0 Å². The summed E-state index contributed by atoms with van der Waals surface area (Å²) in [5.41, 5.74) is 1.23. The molecular weight excluding hydrogens is 296 g/mol. The van der Waals surface area contributed by atoms with Crippen LogP contribution in [0.15, 0.2) is 36.4 Å². The van der Waals surface area contributed by atoms with E-state index in [4.69, 9.17) is 14.2 Å². The Labute approximate surface area is 135 Å². The number of methoxy groups -OCH3 is 2. The van der Waals surface area contributed by atoms with E-state index in [1.165, 1.54) is 13.0 Å². The second-order valence-corrected chi connectivity index (χ2v) is 4.99. The molecule has 0 fully saturated rings. The molecule has 0 aliphatic carbocycles. The van der Waals surface area contributed by atoms with Gasteiger partial charge in [0.2, 0.25) is 0 Å². The Morgan fingerprint density at radius 3 is 2.43 bits per heavy atom. The number of benzene rings is 2. The quantitative estimate of drug-likeness (QED) is 0.794. The second kappa shape index (κ2) is 7.54. The van der Waals surface area contributed by atoms with Gasteiger partial charge in [0.15, 0.2) is 17.3 Å². The lowest BCUT2D eigenvalue weighted by molar-refractivity contribution is 0.101. The minimum Gasteiger partial charge on any atom is -0.507 e. The van der Waals surface area contributed by atoms with E-state index in [-0.39, 0.29) is 17.1 Å². The zero-order valence-electron chi connectivity index (χ0n) is 13.5. The molecule has 0 amide bonds. The summed E-state index contributed by atoms with van der Waals surface area (Å²) in [5, 5.41) is 9.77. The summed E-state index contributed by atoms with van der Waals surface area (Å²) in [7, 11) is 3.18. The SMILES string of the molecule is COc1ccc(CCOc2cccc(O)c2C(C)=O)cc1OC. The van der Waals surface area contributed by atoms with Crippen molar-refractivity contribution in [2.75, 3.05) is 20.8 Å². The zero-order valence-corrected chi connectivity index (χ0v) is 13.5. The van der Waals surface area contributed by atoms with Crippen LogP contribution in [0.25, 0.3) is 0 Å². The molecule has 23 heavy (non-hydrogen) atoms. The maximum Gasteiger partial charge on any atom is 0.167 e. The van der Waals surface area contributed by atoms with Crippen molar-refractivity contribution in [1.82, 2.24) is 0 Å². The molecule has 0 bridgehead atoms. The number of rotatable bonds is 7. The molecule has 0 unspecified atom stereocenters. The number of carbonyl (C=O) groups excluding carboxylic acids is 1. The summed E-state index contributed by atoms with van der Waals surface area (Å²) in [6, 6.07) is 10.4. The maximum absolute atomic E-state index is 11.6. The highest BCUT2D eigenvalue weighted by molar-refractivity contribution is 5.99. The van der Waals surface area contributed by atoms with E-state index < -0.39 is 0 Å². The molecule has 2 aromatic carbocycles. The first-order valence-electron chi connectivity index (χ1n) is 7.23. The number of ether oxygens (including phenoxy) is 3. The third-order valence-electron chi connectivity index (χ3n) is 3.45. The van der Waals surface area contributed by atoms with Crippen molar-refractivity contribution in [3.05, 3.63) is 47.5 Å². The molecule has 0 aromatic heterocycles. The Bertz CT molecular complexity index is 694. The highest BCUT2D eigenvalue weighted by Crippen LogP contribution is 2.29. The predicted octanol–water partition coefficient (Wildman–Crippen LogP) is 3.23. The molecule has 2 rings (SSSR count). The summed E-state index contributed by atoms with van der Waals surface area (Å²) in [4.78, 5) is 11.6. The fraction of sp³-hybridized carbons (Fsp3) is 0.278. The molecule has 5 nitrogen and oxygen atoms in total. The van der Waals surface area contributed by atoms with Gasteiger partial charge in [0.25, 0.3) is 0 Å². The standard InChI is InChI=1S/C18H20O5/c1-12(19)18-14(20)5-4-6-16(18)23-10-9-13-7-8-15(21-2)17(11-13)22-3/h4-8,11,20H,9-10H2,1-3H3. The number of hydrogen-bond donors (Lipinski definition) is 1. The lowest BCUT2D eigenvalue weighted by Crippen LogP contribution is -2.05. The molecule has 0 atom stereocenters. The normalized spacial score (nSPS) is 10.2. The first-order chi connectivity index (χ1) is 11.1. The Morgan fingerprint density at radius 2 is 1.78 bits per heavy atom. The van der Waals surface area contributed by atoms with E-state index in [2.05, 4.69) is 0 Å². The number of carbonyl (C=O) groups is 1. The van der Waals surface area contributed by atoms with Crippen LogP contribution in [0.3, 0.4) is 0 Å². The van der Waals surface area contributed by atoms with Crippen molar-refractivity contribution in [3.63, 3.8) is 0 Å². The van der Waals surface area contributed by atoms with Crippen LogP contribution < -0.4 is 14.2 Å². The van der Waals surface area contributed by atoms with Gasteiger partial charge in [0.05, 0.1) is 20.8 Å². The average Bonchev–Trinajstić information content (AvgIpc) is 2.54. The average molecular weight is 316 g/mol. The van der Waals surface area contributed by atoms with E-state index in [1.807, 2.05) is 18.2 Å². The smallest absolute Gasteiger partial charge is 0.167 e. The lowest BCUT2D eigenvalue weighted by Gasteiger charge is -2.12. The van der Waals surface area contributed by atoms with Gasteiger partial charge in [-0.05, 0) is 36.8 Å². The summed E-state index contributed by atoms with van der Waals surface area (Å²) in [6.45, 7) is 1.77. The van der Waals surface area contributed by atoms with Gasteiger partial charge in [-0.25, -0.2) is 0 Å². The van der Waals surface area contributed by atoms with E-state index >= 15 is 0 Å². The van der Waals surface area contributed by atoms with Gasteiger partial charge in [-0.1, -0.05) is 12.1 Å². The van der Waals surface area contributed by atoms with E-state index in [0.29, 0.717) is 30.3 Å². The number of phenols is 1. The van der Waals surface area contributed by atoms with Crippen molar-refractivity contribution in [2.45, 2.75) is 13.3 Å².